The molecule has 0 atom stereocenters. The lowest BCUT2D eigenvalue weighted by molar-refractivity contribution is -0.107. The standard InChI is InChI=1S/C21H20F3N5O/c22-17-6-5-16(26-20(30)28-11-21(23,24)12-28)8-18(17)29-10-15-7-14(9-25-19(15)27-29)13-3-1-2-4-13/h5-10,13H,1-4,11-12H2,(H,26,30). The monoisotopic (exact) mass is 415 g/mol. The fraction of sp³-hybridized carbons (Fsp3) is 0.381. The zero-order valence-corrected chi connectivity index (χ0v) is 16.1. The van der Waals surface area contributed by atoms with Gasteiger partial charge in [0.05, 0.1) is 13.1 Å². The zero-order chi connectivity index (χ0) is 20.9. The fourth-order valence-electron chi connectivity index (χ4n) is 4.16. The molecule has 1 saturated heterocycles. The van der Waals surface area contributed by atoms with Crippen molar-refractivity contribution in [3.05, 3.63) is 48.0 Å². The molecule has 2 aliphatic rings. The van der Waals surface area contributed by atoms with Crippen molar-refractivity contribution < 1.29 is 18.0 Å². The molecule has 6 nitrogen and oxygen atoms in total. The van der Waals surface area contributed by atoms with E-state index >= 15 is 0 Å². The van der Waals surface area contributed by atoms with E-state index in [0.29, 0.717) is 17.3 Å². The number of likely N-dealkylation sites (tertiary alicyclic amines) is 1. The van der Waals surface area contributed by atoms with Crippen LogP contribution >= 0.6 is 0 Å². The lowest BCUT2D eigenvalue weighted by atomic mass is 9.99. The number of halogens is 3. The van der Waals surface area contributed by atoms with E-state index in [2.05, 4.69) is 21.5 Å². The quantitative estimate of drug-likeness (QED) is 0.675. The van der Waals surface area contributed by atoms with Gasteiger partial charge >= 0.3 is 6.03 Å². The van der Waals surface area contributed by atoms with Crippen molar-refractivity contribution in [1.82, 2.24) is 19.7 Å². The summed E-state index contributed by atoms with van der Waals surface area (Å²) in [5, 5.41) is 7.70. The second-order valence-electron chi connectivity index (χ2n) is 8.04. The molecule has 5 rings (SSSR count). The number of hydrogen-bond acceptors (Lipinski definition) is 3. The minimum absolute atomic E-state index is 0.141. The summed E-state index contributed by atoms with van der Waals surface area (Å²) in [4.78, 5) is 17.5. The number of pyridine rings is 1. The number of anilines is 1. The molecule has 0 bridgehead atoms. The number of rotatable bonds is 3. The average Bonchev–Trinajstić information content (AvgIpc) is 3.36. The van der Waals surface area contributed by atoms with Gasteiger partial charge < -0.3 is 10.2 Å². The molecule has 3 aromatic rings. The smallest absolute Gasteiger partial charge is 0.312 e. The number of hydrogen-bond donors (Lipinski definition) is 1. The maximum Gasteiger partial charge on any atom is 0.322 e. The molecule has 1 aliphatic heterocycles. The van der Waals surface area contributed by atoms with E-state index < -0.39 is 30.9 Å². The number of fused-ring (bicyclic) bond motifs is 1. The van der Waals surface area contributed by atoms with Crippen LogP contribution in [0.4, 0.5) is 23.7 Å². The summed E-state index contributed by atoms with van der Waals surface area (Å²) in [5.74, 6) is -2.85. The van der Waals surface area contributed by atoms with E-state index in [0.717, 1.165) is 23.1 Å². The third kappa shape index (κ3) is 3.48. The van der Waals surface area contributed by atoms with Crippen molar-refractivity contribution in [2.24, 2.45) is 0 Å². The Balaban J connectivity index is 1.40. The van der Waals surface area contributed by atoms with Gasteiger partial charge in [-0.05, 0) is 48.6 Å². The van der Waals surface area contributed by atoms with Crippen LogP contribution in [0.25, 0.3) is 16.7 Å². The van der Waals surface area contributed by atoms with Crippen LogP contribution in [-0.2, 0) is 0 Å². The number of carbonyl (C=O) groups excluding carboxylic acids is 1. The Labute approximate surface area is 170 Å². The molecule has 2 aromatic heterocycles. The molecular weight excluding hydrogens is 395 g/mol. The van der Waals surface area contributed by atoms with E-state index in [1.165, 1.54) is 41.3 Å². The van der Waals surface area contributed by atoms with Gasteiger partial charge in [-0.2, -0.15) is 0 Å². The predicted molar refractivity (Wildman–Crippen MR) is 106 cm³/mol. The summed E-state index contributed by atoms with van der Waals surface area (Å²) in [7, 11) is 0. The highest BCUT2D eigenvalue weighted by atomic mass is 19.3. The molecule has 1 saturated carbocycles. The predicted octanol–water partition coefficient (Wildman–Crippen LogP) is 4.70. The van der Waals surface area contributed by atoms with Crippen LogP contribution in [0.2, 0.25) is 0 Å². The largest absolute Gasteiger partial charge is 0.322 e. The Bertz CT molecular complexity index is 1120. The third-order valence-electron chi connectivity index (χ3n) is 5.78. The van der Waals surface area contributed by atoms with Gasteiger partial charge in [0.1, 0.15) is 11.5 Å². The maximum atomic E-state index is 14.5. The van der Waals surface area contributed by atoms with Gasteiger partial charge in [0, 0.05) is 23.5 Å². The highest BCUT2D eigenvalue weighted by molar-refractivity contribution is 5.90. The lowest BCUT2D eigenvalue weighted by Crippen LogP contribution is -2.59. The summed E-state index contributed by atoms with van der Waals surface area (Å²) in [6.07, 6.45) is 8.30. The molecule has 3 heterocycles. The Morgan fingerprint density at radius 2 is 1.93 bits per heavy atom. The van der Waals surface area contributed by atoms with Crippen LogP contribution in [0, 0.1) is 5.82 Å². The van der Waals surface area contributed by atoms with Crippen molar-refractivity contribution in [3.63, 3.8) is 0 Å². The zero-order valence-electron chi connectivity index (χ0n) is 16.1. The molecule has 30 heavy (non-hydrogen) atoms. The van der Waals surface area contributed by atoms with Crippen molar-refractivity contribution in [2.45, 2.75) is 37.5 Å². The number of nitrogens with one attached hydrogen (secondary N) is 1. The normalized spacial score (nSPS) is 18.6. The highest BCUT2D eigenvalue weighted by Crippen LogP contribution is 2.35. The van der Waals surface area contributed by atoms with Crippen LogP contribution in [0.1, 0.15) is 37.2 Å². The number of benzene rings is 1. The van der Waals surface area contributed by atoms with Crippen LogP contribution in [0.15, 0.2) is 36.7 Å². The molecule has 1 N–H and O–H groups in total. The van der Waals surface area contributed by atoms with Gasteiger partial charge in [-0.1, -0.05) is 12.8 Å². The second-order valence-corrected chi connectivity index (χ2v) is 8.04. The molecule has 0 unspecified atom stereocenters. The molecule has 0 spiro atoms. The first-order valence-corrected chi connectivity index (χ1v) is 9.97. The fourth-order valence-corrected chi connectivity index (χ4v) is 4.16. The maximum absolute atomic E-state index is 14.5. The molecule has 2 amide bonds. The number of urea groups is 1. The lowest BCUT2D eigenvalue weighted by Gasteiger charge is -2.38. The van der Waals surface area contributed by atoms with Crippen molar-refractivity contribution in [3.8, 4) is 5.69 Å². The number of amides is 2. The third-order valence-corrected chi connectivity index (χ3v) is 5.78. The topological polar surface area (TPSA) is 63.1 Å². The number of aromatic nitrogens is 3. The highest BCUT2D eigenvalue weighted by Gasteiger charge is 2.46. The first-order valence-electron chi connectivity index (χ1n) is 9.97. The first-order chi connectivity index (χ1) is 14.4. The Hall–Kier alpha value is -3.10. The molecule has 1 aromatic carbocycles. The Morgan fingerprint density at radius 3 is 2.67 bits per heavy atom. The van der Waals surface area contributed by atoms with Gasteiger partial charge in [0.25, 0.3) is 5.92 Å². The Morgan fingerprint density at radius 1 is 1.17 bits per heavy atom. The average molecular weight is 415 g/mol. The summed E-state index contributed by atoms with van der Waals surface area (Å²) in [6, 6.07) is 5.42. The van der Waals surface area contributed by atoms with E-state index in [9.17, 15) is 18.0 Å². The molecule has 156 valence electrons. The van der Waals surface area contributed by atoms with Gasteiger partial charge in [0.2, 0.25) is 0 Å². The first kappa shape index (κ1) is 18.9. The summed E-state index contributed by atoms with van der Waals surface area (Å²) < 4.78 is 41.8. The van der Waals surface area contributed by atoms with E-state index in [4.69, 9.17) is 0 Å². The summed E-state index contributed by atoms with van der Waals surface area (Å²) in [5.41, 5.74) is 2.12. The minimum Gasteiger partial charge on any atom is -0.312 e. The van der Waals surface area contributed by atoms with Crippen molar-refractivity contribution in [2.75, 3.05) is 18.4 Å². The summed E-state index contributed by atoms with van der Waals surface area (Å²) >= 11 is 0. The molecule has 1 aliphatic carbocycles. The Kier molecular flexibility index (Phi) is 4.41. The van der Waals surface area contributed by atoms with Gasteiger partial charge in [-0.25, -0.2) is 27.6 Å². The number of alkyl halides is 2. The van der Waals surface area contributed by atoms with Crippen LogP contribution in [-0.4, -0.2) is 44.7 Å². The molecule has 0 radical (unpaired) electrons. The second kappa shape index (κ2) is 7.00. The minimum atomic E-state index is -2.84. The van der Waals surface area contributed by atoms with Gasteiger partial charge in [-0.15, -0.1) is 5.10 Å². The number of nitrogens with zero attached hydrogens (tertiary/aromatic N) is 4. The van der Waals surface area contributed by atoms with E-state index in [1.807, 2.05) is 6.20 Å². The van der Waals surface area contributed by atoms with Crippen LogP contribution in [0.3, 0.4) is 0 Å². The van der Waals surface area contributed by atoms with Gasteiger partial charge in [0.15, 0.2) is 5.65 Å². The molecular formula is C21H20F3N5O. The molecule has 9 heteroatoms. The van der Waals surface area contributed by atoms with Crippen molar-refractivity contribution in [1.29, 1.82) is 0 Å². The van der Waals surface area contributed by atoms with Gasteiger partial charge in [-0.3, -0.25) is 0 Å². The van der Waals surface area contributed by atoms with E-state index in [-0.39, 0.29) is 5.69 Å². The molecule has 2 fully saturated rings. The van der Waals surface area contributed by atoms with Crippen LogP contribution < -0.4 is 5.32 Å². The van der Waals surface area contributed by atoms with E-state index in [1.54, 1.807) is 6.20 Å². The number of carbonyl (C=O) groups is 1. The van der Waals surface area contributed by atoms with Crippen LogP contribution in [0.5, 0.6) is 0 Å². The summed E-state index contributed by atoms with van der Waals surface area (Å²) in [6.45, 7) is -1.24. The van der Waals surface area contributed by atoms with Crippen molar-refractivity contribution >= 4 is 22.8 Å². The SMILES string of the molecule is O=C(Nc1ccc(F)c(-n2cc3cc(C4CCCC4)cnc3n2)c1)N1CC(F)(F)C1.